The van der Waals surface area contributed by atoms with Crippen LogP contribution in [0.4, 0.5) is 0 Å². The van der Waals surface area contributed by atoms with E-state index >= 15 is 0 Å². The van der Waals surface area contributed by atoms with Crippen LogP contribution >= 0.6 is 11.3 Å². The molecule has 1 aromatic heterocycles. The first-order valence-electron chi connectivity index (χ1n) is 7.05. The maximum Gasteiger partial charge on any atom is 0.111 e. The summed E-state index contributed by atoms with van der Waals surface area (Å²) in [6, 6.07) is 9.52. The molecule has 102 valence electrons. The van der Waals surface area contributed by atoms with Crippen LogP contribution in [-0.4, -0.2) is 36.1 Å². The van der Waals surface area contributed by atoms with Gasteiger partial charge in [0, 0.05) is 12.6 Å². The number of fused-ring (bicyclic) bond motifs is 1. The molecule has 0 radical (unpaired) electrons. The standard InChI is InChI=1S/C15H21N3S/c1-11(18-9-5-6-12(18)10-16-2)15-17-13-7-3-4-8-14(13)19-15/h3-4,7-8,11-12,16H,5-6,9-10H2,1-2H3. The number of nitrogens with one attached hydrogen (secondary N) is 1. The fourth-order valence-corrected chi connectivity index (χ4v) is 4.07. The maximum atomic E-state index is 4.81. The first-order chi connectivity index (χ1) is 9.29. The van der Waals surface area contributed by atoms with Gasteiger partial charge in [0.2, 0.25) is 0 Å². The highest BCUT2D eigenvalue weighted by Crippen LogP contribution is 2.33. The molecule has 2 heterocycles. The Kier molecular flexibility index (Phi) is 3.82. The summed E-state index contributed by atoms with van der Waals surface area (Å²) in [5, 5.41) is 4.57. The van der Waals surface area contributed by atoms with Gasteiger partial charge < -0.3 is 5.32 Å². The van der Waals surface area contributed by atoms with Crippen molar-refractivity contribution in [2.75, 3.05) is 20.1 Å². The van der Waals surface area contributed by atoms with Gasteiger partial charge in [-0.3, -0.25) is 4.90 Å². The van der Waals surface area contributed by atoms with Gasteiger partial charge in [0.15, 0.2) is 0 Å². The van der Waals surface area contributed by atoms with Gasteiger partial charge in [0.25, 0.3) is 0 Å². The van der Waals surface area contributed by atoms with E-state index in [4.69, 9.17) is 4.98 Å². The highest BCUT2D eigenvalue weighted by Gasteiger charge is 2.30. The fraction of sp³-hybridized carbons (Fsp3) is 0.533. The van der Waals surface area contributed by atoms with Crippen LogP contribution in [0, 0.1) is 0 Å². The number of likely N-dealkylation sites (N-methyl/N-ethyl adjacent to an activating group) is 1. The van der Waals surface area contributed by atoms with E-state index in [2.05, 4.69) is 41.4 Å². The van der Waals surface area contributed by atoms with Crippen LogP contribution in [0.1, 0.15) is 30.8 Å². The lowest BCUT2D eigenvalue weighted by molar-refractivity contribution is 0.191. The third-order valence-electron chi connectivity index (χ3n) is 4.03. The summed E-state index contributed by atoms with van der Waals surface area (Å²) in [5.41, 5.74) is 1.14. The summed E-state index contributed by atoms with van der Waals surface area (Å²) in [6.07, 6.45) is 2.61. The van der Waals surface area contributed by atoms with Crippen LogP contribution in [0.2, 0.25) is 0 Å². The van der Waals surface area contributed by atoms with Crippen LogP contribution in [0.15, 0.2) is 24.3 Å². The molecular weight excluding hydrogens is 254 g/mol. The van der Waals surface area contributed by atoms with E-state index in [0.717, 1.165) is 12.1 Å². The molecule has 0 bridgehead atoms. The molecule has 1 aromatic carbocycles. The molecule has 3 nitrogen and oxygen atoms in total. The Morgan fingerprint density at radius 3 is 3.11 bits per heavy atom. The average molecular weight is 275 g/mol. The Balaban J connectivity index is 1.84. The minimum Gasteiger partial charge on any atom is -0.318 e. The molecule has 1 N–H and O–H groups in total. The smallest absolute Gasteiger partial charge is 0.111 e. The van der Waals surface area contributed by atoms with Crippen LogP contribution < -0.4 is 5.32 Å². The molecule has 3 rings (SSSR count). The number of hydrogen-bond donors (Lipinski definition) is 1. The lowest BCUT2D eigenvalue weighted by atomic mass is 10.2. The van der Waals surface area contributed by atoms with E-state index in [1.165, 1.54) is 29.1 Å². The first-order valence-corrected chi connectivity index (χ1v) is 7.87. The summed E-state index contributed by atoms with van der Waals surface area (Å²) in [6.45, 7) is 4.57. The molecule has 1 fully saturated rings. The molecule has 2 aromatic rings. The molecule has 1 aliphatic heterocycles. The quantitative estimate of drug-likeness (QED) is 0.929. The van der Waals surface area contributed by atoms with Crippen molar-refractivity contribution in [1.29, 1.82) is 0 Å². The van der Waals surface area contributed by atoms with Crippen LogP contribution in [0.3, 0.4) is 0 Å². The van der Waals surface area contributed by atoms with E-state index in [-0.39, 0.29) is 0 Å². The van der Waals surface area contributed by atoms with Crippen molar-refractivity contribution in [3.63, 3.8) is 0 Å². The van der Waals surface area contributed by atoms with E-state index in [1.54, 1.807) is 0 Å². The van der Waals surface area contributed by atoms with Gasteiger partial charge in [-0.15, -0.1) is 11.3 Å². The molecular formula is C15H21N3S. The summed E-state index contributed by atoms with van der Waals surface area (Å²) in [4.78, 5) is 7.41. The molecule has 2 unspecified atom stereocenters. The number of benzene rings is 1. The molecule has 19 heavy (non-hydrogen) atoms. The Bertz CT molecular complexity index is 518. The van der Waals surface area contributed by atoms with Crippen molar-refractivity contribution < 1.29 is 0 Å². The van der Waals surface area contributed by atoms with Gasteiger partial charge in [-0.05, 0) is 45.5 Å². The highest BCUT2D eigenvalue weighted by atomic mass is 32.1. The van der Waals surface area contributed by atoms with Crippen LogP contribution in [0.5, 0.6) is 0 Å². The number of para-hydroxylation sites is 1. The average Bonchev–Trinajstić information content (AvgIpc) is 3.04. The second-order valence-electron chi connectivity index (χ2n) is 5.29. The summed E-state index contributed by atoms with van der Waals surface area (Å²) in [5.74, 6) is 0. The van der Waals surface area contributed by atoms with Crippen molar-refractivity contribution in [2.45, 2.75) is 31.8 Å². The molecule has 4 heteroatoms. The Labute approximate surface area is 118 Å². The van der Waals surface area contributed by atoms with E-state index in [9.17, 15) is 0 Å². The highest BCUT2D eigenvalue weighted by molar-refractivity contribution is 7.18. The topological polar surface area (TPSA) is 28.2 Å². The minimum atomic E-state index is 0.429. The molecule has 0 saturated carbocycles. The van der Waals surface area contributed by atoms with Crippen LogP contribution in [0.25, 0.3) is 10.2 Å². The Morgan fingerprint density at radius 2 is 2.32 bits per heavy atom. The van der Waals surface area contributed by atoms with Crippen molar-refractivity contribution >= 4 is 21.6 Å². The molecule has 1 aliphatic rings. The monoisotopic (exact) mass is 275 g/mol. The first kappa shape index (κ1) is 13.0. The second-order valence-corrected chi connectivity index (χ2v) is 6.35. The summed E-state index contributed by atoms with van der Waals surface area (Å²) < 4.78 is 1.30. The lowest BCUT2D eigenvalue weighted by Gasteiger charge is -2.29. The molecule has 2 atom stereocenters. The van der Waals surface area contributed by atoms with Gasteiger partial charge in [-0.1, -0.05) is 12.1 Å². The molecule has 0 aliphatic carbocycles. The maximum absolute atomic E-state index is 4.81. The van der Waals surface area contributed by atoms with Gasteiger partial charge >= 0.3 is 0 Å². The number of hydrogen-bond acceptors (Lipinski definition) is 4. The molecule has 0 spiro atoms. The van der Waals surface area contributed by atoms with Gasteiger partial charge in [0.1, 0.15) is 5.01 Å². The second kappa shape index (κ2) is 5.57. The summed E-state index contributed by atoms with van der Waals surface area (Å²) >= 11 is 1.84. The normalized spacial score (nSPS) is 22.1. The van der Waals surface area contributed by atoms with E-state index in [1.807, 2.05) is 18.4 Å². The zero-order chi connectivity index (χ0) is 13.2. The Hall–Kier alpha value is -0.970. The predicted molar refractivity (Wildman–Crippen MR) is 81.7 cm³/mol. The molecule has 1 saturated heterocycles. The largest absolute Gasteiger partial charge is 0.318 e. The minimum absolute atomic E-state index is 0.429. The van der Waals surface area contributed by atoms with Crippen molar-refractivity contribution in [3.05, 3.63) is 29.3 Å². The van der Waals surface area contributed by atoms with Crippen molar-refractivity contribution in [2.24, 2.45) is 0 Å². The lowest BCUT2D eigenvalue weighted by Crippen LogP contribution is -2.38. The van der Waals surface area contributed by atoms with Gasteiger partial charge in [-0.25, -0.2) is 4.98 Å². The third-order valence-corrected chi connectivity index (χ3v) is 5.23. The van der Waals surface area contributed by atoms with Crippen molar-refractivity contribution in [1.82, 2.24) is 15.2 Å². The van der Waals surface area contributed by atoms with E-state index < -0.39 is 0 Å². The Morgan fingerprint density at radius 1 is 1.47 bits per heavy atom. The van der Waals surface area contributed by atoms with Crippen LogP contribution in [-0.2, 0) is 0 Å². The van der Waals surface area contributed by atoms with Gasteiger partial charge in [0.05, 0.1) is 16.3 Å². The number of rotatable bonds is 4. The predicted octanol–water partition coefficient (Wildman–Crippen LogP) is 3.04. The zero-order valence-electron chi connectivity index (χ0n) is 11.6. The number of nitrogens with zero attached hydrogens (tertiary/aromatic N) is 2. The molecule has 0 amide bonds. The van der Waals surface area contributed by atoms with Gasteiger partial charge in [-0.2, -0.15) is 0 Å². The number of likely N-dealkylation sites (tertiary alicyclic amines) is 1. The van der Waals surface area contributed by atoms with Crippen molar-refractivity contribution in [3.8, 4) is 0 Å². The summed E-state index contributed by atoms with van der Waals surface area (Å²) in [7, 11) is 2.04. The zero-order valence-corrected chi connectivity index (χ0v) is 12.4. The number of thiazole rings is 1. The SMILES string of the molecule is CNCC1CCCN1C(C)c1nc2ccccc2s1. The third kappa shape index (κ3) is 2.53. The van der Waals surface area contributed by atoms with E-state index in [0.29, 0.717) is 12.1 Å². The fourth-order valence-electron chi connectivity index (χ4n) is 3.03. The number of aromatic nitrogens is 1.